The van der Waals surface area contributed by atoms with E-state index in [1.54, 1.807) is 6.08 Å². The zero-order chi connectivity index (χ0) is 9.61. The first-order valence-corrected chi connectivity index (χ1v) is 3.89. The molecule has 0 spiro atoms. The maximum atomic E-state index is 10.6. The zero-order valence-corrected chi connectivity index (χ0v) is 8.13. The molecule has 0 fully saturated rings. The molecule has 0 amide bonds. The van der Waals surface area contributed by atoms with Gasteiger partial charge in [-0.2, -0.15) is 0 Å². The van der Waals surface area contributed by atoms with E-state index in [0.717, 1.165) is 0 Å². The number of methoxy groups -OCH3 is 1. The number of allylic oxidation sites excluding steroid dienone is 3. The highest BCUT2D eigenvalue weighted by atomic mass is 16.5. The van der Waals surface area contributed by atoms with Crippen molar-refractivity contribution in [2.75, 3.05) is 7.11 Å². The average Bonchev–Trinajstić information content (AvgIpc) is 1.96. The fraction of sp³-hybridized carbons (Fsp3) is 0.500. The first-order valence-electron chi connectivity index (χ1n) is 3.89. The minimum absolute atomic E-state index is 0.153. The van der Waals surface area contributed by atoms with Crippen molar-refractivity contribution in [1.29, 1.82) is 0 Å². The van der Waals surface area contributed by atoms with Crippen molar-refractivity contribution in [3.8, 4) is 0 Å². The zero-order valence-electron chi connectivity index (χ0n) is 8.13. The van der Waals surface area contributed by atoms with Gasteiger partial charge in [0.15, 0.2) is 0 Å². The van der Waals surface area contributed by atoms with Gasteiger partial charge < -0.3 is 4.74 Å². The molecule has 0 aromatic heterocycles. The van der Waals surface area contributed by atoms with Crippen LogP contribution in [0.25, 0.3) is 0 Å². The Balaban J connectivity index is 3.90. The van der Waals surface area contributed by atoms with Crippen molar-refractivity contribution in [3.05, 3.63) is 24.3 Å². The molecule has 0 atom stereocenters. The second-order valence-electron chi connectivity index (χ2n) is 3.61. The summed E-state index contributed by atoms with van der Waals surface area (Å²) in [5, 5.41) is 0. The third-order valence-corrected chi connectivity index (χ3v) is 1.14. The molecule has 0 aliphatic carbocycles. The van der Waals surface area contributed by atoms with Gasteiger partial charge in [0, 0.05) is 6.08 Å². The second-order valence-corrected chi connectivity index (χ2v) is 3.61. The summed E-state index contributed by atoms with van der Waals surface area (Å²) in [6.45, 7) is 6.28. The number of ether oxygens (including phenoxy) is 1. The van der Waals surface area contributed by atoms with Gasteiger partial charge in [0.05, 0.1) is 7.11 Å². The minimum atomic E-state index is -0.325. The van der Waals surface area contributed by atoms with Crippen LogP contribution in [-0.4, -0.2) is 13.1 Å². The van der Waals surface area contributed by atoms with E-state index in [2.05, 4.69) is 25.5 Å². The van der Waals surface area contributed by atoms with Crippen LogP contribution in [0.4, 0.5) is 0 Å². The third kappa shape index (κ3) is 7.06. The van der Waals surface area contributed by atoms with Gasteiger partial charge in [-0.05, 0) is 5.41 Å². The molecule has 0 bridgehead atoms. The van der Waals surface area contributed by atoms with Crippen molar-refractivity contribution in [3.63, 3.8) is 0 Å². The Morgan fingerprint density at radius 3 is 2.25 bits per heavy atom. The smallest absolute Gasteiger partial charge is 0.330 e. The molecule has 0 aromatic carbocycles. The lowest BCUT2D eigenvalue weighted by molar-refractivity contribution is -0.134. The van der Waals surface area contributed by atoms with E-state index in [9.17, 15) is 4.79 Å². The van der Waals surface area contributed by atoms with Gasteiger partial charge in [-0.25, -0.2) is 4.79 Å². The summed E-state index contributed by atoms with van der Waals surface area (Å²) in [5.74, 6) is -0.325. The minimum Gasteiger partial charge on any atom is -0.466 e. The molecule has 0 aromatic rings. The predicted molar refractivity (Wildman–Crippen MR) is 49.8 cm³/mol. The molecule has 12 heavy (non-hydrogen) atoms. The van der Waals surface area contributed by atoms with E-state index in [4.69, 9.17) is 0 Å². The Hall–Kier alpha value is -1.05. The molecule has 2 nitrogen and oxygen atoms in total. The molecule has 0 heterocycles. The van der Waals surface area contributed by atoms with Crippen LogP contribution in [0.2, 0.25) is 0 Å². The molecule has 2 heteroatoms. The van der Waals surface area contributed by atoms with E-state index in [0.29, 0.717) is 0 Å². The lowest BCUT2D eigenvalue weighted by Gasteiger charge is -2.09. The molecule has 0 N–H and O–H groups in total. The van der Waals surface area contributed by atoms with Crippen molar-refractivity contribution in [1.82, 2.24) is 0 Å². The lowest BCUT2D eigenvalue weighted by atomic mass is 9.96. The van der Waals surface area contributed by atoms with E-state index >= 15 is 0 Å². The third-order valence-electron chi connectivity index (χ3n) is 1.14. The van der Waals surface area contributed by atoms with Crippen LogP contribution >= 0.6 is 0 Å². The van der Waals surface area contributed by atoms with E-state index in [-0.39, 0.29) is 11.4 Å². The standard InChI is InChI=1S/C10H16O2/c1-10(2,3)8-6-5-7-9(11)12-4/h5-8H,1-4H3/b7-5+,8-6+. The number of hydrogen-bond acceptors (Lipinski definition) is 2. The number of carbonyl (C=O) groups excluding carboxylic acids is 1. The highest BCUT2D eigenvalue weighted by Gasteiger charge is 2.01. The van der Waals surface area contributed by atoms with Crippen LogP contribution < -0.4 is 0 Å². The maximum Gasteiger partial charge on any atom is 0.330 e. The van der Waals surface area contributed by atoms with E-state index in [1.165, 1.54) is 13.2 Å². The molecule has 0 radical (unpaired) electrons. The van der Waals surface area contributed by atoms with Crippen LogP contribution in [0.1, 0.15) is 20.8 Å². The Morgan fingerprint density at radius 1 is 1.25 bits per heavy atom. The fourth-order valence-corrected chi connectivity index (χ4v) is 0.546. The van der Waals surface area contributed by atoms with E-state index in [1.807, 2.05) is 12.2 Å². The van der Waals surface area contributed by atoms with Gasteiger partial charge >= 0.3 is 5.97 Å². The van der Waals surface area contributed by atoms with E-state index < -0.39 is 0 Å². The van der Waals surface area contributed by atoms with Crippen LogP contribution in [0.5, 0.6) is 0 Å². The number of hydrogen-bond donors (Lipinski definition) is 0. The monoisotopic (exact) mass is 168 g/mol. The van der Waals surface area contributed by atoms with Crippen LogP contribution in [0.3, 0.4) is 0 Å². The largest absolute Gasteiger partial charge is 0.466 e. The Morgan fingerprint density at radius 2 is 1.83 bits per heavy atom. The van der Waals surface area contributed by atoms with Crippen LogP contribution in [0.15, 0.2) is 24.3 Å². The summed E-state index contributed by atoms with van der Waals surface area (Å²) >= 11 is 0. The van der Waals surface area contributed by atoms with Gasteiger partial charge in [0.25, 0.3) is 0 Å². The highest BCUT2D eigenvalue weighted by Crippen LogP contribution is 2.14. The normalized spacial score (nSPS) is 12.7. The molecule has 68 valence electrons. The summed E-state index contributed by atoms with van der Waals surface area (Å²) in [6.07, 6.45) is 6.93. The molecule has 0 saturated carbocycles. The first-order chi connectivity index (χ1) is 5.45. The quantitative estimate of drug-likeness (QED) is 0.359. The topological polar surface area (TPSA) is 26.3 Å². The average molecular weight is 168 g/mol. The number of carbonyl (C=O) groups is 1. The summed E-state index contributed by atoms with van der Waals surface area (Å²) in [6, 6.07) is 0. The van der Waals surface area contributed by atoms with Gasteiger partial charge in [0.2, 0.25) is 0 Å². The molecule has 0 unspecified atom stereocenters. The SMILES string of the molecule is COC(=O)/C=C/C=C/C(C)(C)C. The van der Waals surface area contributed by atoms with Crippen molar-refractivity contribution >= 4 is 5.97 Å². The molecule has 0 aliphatic heterocycles. The predicted octanol–water partition coefficient (Wildman–Crippen LogP) is 2.32. The van der Waals surface area contributed by atoms with Gasteiger partial charge in [-0.3, -0.25) is 0 Å². The fourth-order valence-electron chi connectivity index (χ4n) is 0.546. The highest BCUT2D eigenvalue weighted by molar-refractivity contribution is 5.82. The maximum absolute atomic E-state index is 10.6. The second kappa shape index (κ2) is 4.75. The summed E-state index contributed by atoms with van der Waals surface area (Å²) in [5.41, 5.74) is 0.153. The van der Waals surface area contributed by atoms with Crippen molar-refractivity contribution in [2.45, 2.75) is 20.8 Å². The van der Waals surface area contributed by atoms with Crippen molar-refractivity contribution in [2.24, 2.45) is 5.41 Å². The molecular formula is C10H16O2. The Bertz CT molecular complexity index is 194. The summed E-state index contributed by atoms with van der Waals surface area (Å²) in [7, 11) is 1.36. The molecular weight excluding hydrogens is 152 g/mol. The number of rotatable bonds is 2. The summed E-state index contributed by atoms with van der Waals surface area (Å²) in [4.78, 5) is 10.6. The van der Waals surface area contributed by atoms with Crippen molar-refractivity contribution < 1.29 is 9.53 Å². The van der Waals surface area contributed by atoms with Gasteiger partial charge in [-0.15, -0.1) is 0 Å². The van der Waals surface area contributed by atoms with Crippen LogP contribution in [0, 0.1) is 5.41 Å². The molecule has 0 aliphatic rings. The molecule has 0 rings (SSSR count). The van der Waals surface area contributed by atoms with Crippen LogP contribution in [-0.2, 0) is 9.53 Å². The first kappa shape index (κ1) is 11.0. The molecule has 0 saturated heterocycles. The Kier molecular flexibility index (Phi) is 4.34. The summed E-state index contributed by atoms with van der Waals surface area (Å²) < 4.78 is 4.42. The number of esters is 1. The van der Waals surface area contributed by atoms with Gasteiger partial charge in [0.1, 0.15) is 0 Å². The van der Waals surface area contributed by atoms with Gasteiger partial charge in [-0.1, -0.05) is 39.0 Å². The Labute approximate surface area is 73.9 Å². The lowest BCUT2D eigenvalue weighted by Crippen LogP contribution is -1.98.